The molecule has 4 nitrogen and oxygen atoms in total. The topological polar surface area (TPSA) is 54.9 Å². The van der Waals surface area contributed by atoms with Crippen LogP contribution in [0.5, 0.6) is 0 Å². The quantitative estimate of drug-likeness (QED) is 0.881. The van der Waals surface area contributed by atoms with Crippen LogP contribution < -0.4 is 5.32 Å². The molecule has 1 unspecified atom stereocenters. The Labute approximate surface area is 103 Å². The Hall–Kier alpha value is -0.490. The summed E-state index contributed by atoms with van der Waals surface area (Å²) in [7, 11) is -0.717. The van der Waals surface area contributed by atoms with Crippen LogP contribution in [0.4, 0.5) is 5.13 Å². The molecule has 0 aliphatic carbocycles. The smallest absolute Gasteiger partial charge is 0.202 e. The van der Waals surface area contributed by atoms with E-state index in [9.17, 15) is 4.21 Å². The first-order chi connectivity index (χ1) is 7.43. The Bertz CT molecular complexity index is 357. The number of nitrogens with zero attached hydrogens (tertiary/aromatic N) is 2. The summed E-state index contributed by atoms with van der Waals surface area (Å²) in [4.78, 5) is 4.40. The fraction of sp³-hybridized carbons (Fsp3) is 0.800. The average Bonchev–Trinajstić information content (AvgIpc) is 2.65. The first kappa shape index (κ1) is 13.6. The van der Waals surface area contributed by atoms with E-state index >= 15 is 0 Å². The van der Waals surface area contributed by atoms with Crippen LogP contribution in [0.25, 0.3) is 0 Å². The van der Waals surface area contributed by atoms with E-state index in [1.165, 1.54) is 11.5 Å². The normalized spacial score (nSPS) is 13.8. The van der Waals surface area contributed by atoms with Crippen molar-refractivity contribution in [3.05, 3.63) is 5.82 Å². The van der Waals surface area contributed by atoms with E-state index in [-0.39, 0.29) is 5.41 Å². The van der Waals surface area contributed by atoms with Crippen LogP contribution in [-0.2, 0) is 16.2 Å². The van der Waals surface area contributed by atoms with E-state index in [2.05, 4.69) is 35.4 Å². The standard InChI is InChI=1S/C10H19N3OS2/c1-5-16(14)7-6-11-9-12-8(13-15-9)10(2,3)4/h5-7H2,1-4H3,(H,11,12,13). The lowest BCUT2D eigenvalue weighted by atomic mass is 9.96. The van der Waals surface area contributed by atoms with Crippen LogP contribution in [-0.4, -0.2) is 31.6 Å². The molecule has 1 N–H and O–H groups in total. The van der Waals surface area contributed by atoms with Crippen LogP contribution in [0.1, 0.15) is 33.5 Å². The van der Waals surface area contributed by atoms with Gasteiger partial charge in [0.25, 0.3) is 0 Å². The lowest BCUT2D eigenvalue weighted by molar-refractivity contribution is 0.555. The molecule has 0 spiro atoms. The van der Waals surface area contributed by atoms with E-state index in [1.54, 1.807) is 0 Å². The molecule has 0 saturated carbocycles. The van der Waals surface area contributed by atoms with Gasteiger partial charge in [-0.15, -0.1) is 0 Å². The number of anilines is 1. The second kappa shape index (κ2) is 5.72. The Balaban J connectivity index is 2.44. The molecule has 0 aliphatic rings. The first-order valence-corrected chi connectivity index (χ1v) is 7.62. The van der Waals surface area contributed by atoms with Crippen molar-refractivity contribution in [2.45, 2.75) is 33.1 Å². The molecule has 0 bridgehead atoms. The van der Waals surface area contributed by atoms with Gasteiger partial charge in [-0.3, -0.25) is 4.21 Å². The summed E-state index contributed by atoms with van der Waals surface area (Å²) < 4.78 is 15.5. The molecule has 0 aromatic carbocycles. The van der Waals surface area contributed by atoms with Gasteiger partial charge in [0.1, 0.15) is 5.82 Å². The molecule has 16 heavy (non-hydrogen) atoms. The summed E-state index contributed by atoms with van der Waals surface area (Å²) in [5, 5.41) is 3.97. The minimum atomic E-state index is -0.717. The molecule has 0 saturated heterocycles. The average molecular weight is 261 g/mol. The third-order valence-electron chi connectivity index (χ3n) is 2.02. The van der Waals surface area contributed by atoms with Gasteiger partial charge in [-0.25, -0.2) is 4.98 Å². The summed E-state index contributed by atoms with van der Waals surface area (Å²) in [5.41, 5.74) is -0.0112. The molecule has 0 fully saturated rings. The molecule has 6 heteroatoms. The van der Waals surface area contributed by atoms with Gasteiger partial charge in [0, 0.05) is 45.8 Å². The van der Waals surface area contributed by atoms with Gasteiger partial charge in [0.15, 0.2) is 0 Å². The maximum absolute atomic E-state index is 11.2. The predicted octanol–water partition coefficient (Wildman–Crippen LogP) is 2.02. The maximum atomic E-state index is 11.2. The SMILES string of the molecule is CCS(=O)CCNc1nc(C(C)(C)C)ns1. The third kappa shape index (κ3) is 4.17. The van der Waals surface area contributed by atoms with Crippen LogP contribution >= 0.6 is 11.5 Å². The van der Waals surface area contributed by atoms with Crippen LogP contribution in [0.15, 0.2) is 0 Å². The number of hydrogen-bond acceptors (Lipinski definition) is 5. The van der Waals surface area contributed by atoms with Crippen molar-refractivity contribution in [1.82, 2.24) is 9.36 Å². The largest absolute Gasteiger partial charge is 0.359 e. The molecular formula is C10H19N3OS2. The monoisotopic (exact) mass is 261 g/mol. The zero-order chi connectivity index (χ0) is 12.2. The molecule has 1 heterocycles. The molecule has 92 valence electrons. The molecule has 1 aromatic rings. The molecule has 1 rings (SSSR count). The molecule has 1 aromatic heterocycles. The molecule has 1 atom stereocenters. The zero-order valence-electron chi connectivity index (χ0n) is 10.2. The minimum Gasteiger partial charge on any atom is -0.359 e. The highest BCUT2D eigenvalue weighted by Crippen LogP contribution is 2.22. The van der Waals surface area contributed by atoms with Crippen molar-refractivity contribution >= 4 is 27.5 Å². The van der Waals surface area contributed by atoms with Crippen LogP contribution in [0.2, 0.25) is 0 Å². The van der Waals surface area contributed by atoms with Crippen molar-refractivity contribution in [3.8, 4) is 0 Å². The van der Waals surface area contributed by atoms with Gasteiger partial charge in [0.05, 0.1) is 0 Å². The van der Waals surface area contributed by atoms with Gasteiger partial charge < -0.3 is 5.32 Å². The second-order valence-corrected chi connectivity index (χ2v) is 7.15. The van der Waals surface area contributed by atoms with E-state index in [0.29, 0.717) is 18.1 Å². The van der Waals surface area contributed by atoms with Gasteiger partial charge in [-0.05, 0) is 0 Å². The van der Waals surface area contributed by atoms with E-state index in [4.69, 9.17) is 0 Å². The maximum Gasteiger partial charge on any atom is 0.202 e. The first-order valence-electron chi connectivity index (χ1n) is 5.36. The molecule has 0 amide bonds. The van der Waals surface area contributed by atoms with Gasteiger partial charge >= 0.3 is 0 Å². The highest BCUT2D eigenvalue weighted by atomic mass is 32.2. The zero-order valence-corrected chi connectivity index (χ0v) is 11.9. The molecule has 0 aliphatic heterocycles. The molecule has 0 radical (unpaired) electrons. The lowest BCUT2D eigenvalue weighted by Crippen LogP contribution is -2.14. The highest BCUT2D eigenvalue weighted by Gasteiger charge is 2.19. The fourth-order valence-corrected chi connectivity index (χ4v) is 2.42. The number of rotatable bonds is 5. The number of nitrogens with one attached hydrogen (secondary N) is 1. The van der Waals surface area contributed by atoms with Gasteiger partial charge in [-0.2, -0.15) is 4.37 Å². The summed E-state index contributed by atoms with van der Waals surface area (Å²) in [6, 6.07) is 0. The lowest BCUT2D eigenvalue weighted by Gasteiger charge is -2.12. The predicted molar refractivity (Wildman–Crippen MR) is 70.6 cm³/mol. The van der Waals surface area contributed by atoms with E-state index < -0.39 is 10.8 Å². The van der Waals surface area contributed by atoms with Crippen molar-refractivity contribution < 1.29 is 4.21 Å². The summed E-state index contributed by atoms with van der Waals surface area (Å²) in [6.07, 6.45) is 0. The summed E-state index contributed by atoms with van der Waals surface area (Å²) >= 11 is 1.36. The highest BCUT2D eigenvalue weighted by molar-refractivity contribution is 7.84. The van der Waals surface area contributed by atoms with E-state index in [1.807, 2.05) is 6.92 Å². The van der Waals surface area contributed by atoms with Gasteiger partial charge in [-0.1, -0.05) is 27.7 Å². The Morgan fingerprint density at radius 3 is 2.62 bits per heavy atom. The second-order valence-electron chi connectivity index (χ2n) is 4.53. The van der Waals surface area contributed by atoms with Crippen molar-refractivity contribution in [2.24, 2.45) is 0 Å². The summed E-state index contributed by atoms with van der Waals surface area (Å²) in [5.74, 6) is 2.24. The minimum absolute atomic E-state index is 0.0112. The Morgan fingerprint density at radius 2 is 2.12 bits per heavy atom. The van der Waals surface area contributed by atoms with Gasteiger partial charge in [0.2, 0.25) is 5.13 Å². The van der Waals surface area contributed by atoms with Crippen molar-refractivity contribution in [3.63, 3.8) is 0 Å². The van der Waals surface area contributed by atoms with Crippen molar-refractivity contribution in [2.75, 3.05) is 23.4 Å². The van der Waals surface area contributed by atoms with Crippen LogP contribution in [0, 0.1) is 0 Å². The Morgan fingerprint density at radius 1 is 1.44 bits per heavy atom. The van der Waals surface area contributed by atoms with Crippen LogP contribution in [0.3, 0.4) is 0 Å². The Kier molecular flexibility index (Phi) is 4.86. The van der Waals surface area contributed by atoms with Crippen molar-refractivity contribution in [1.29, 1.82) is 0 Å². The number of hydrogen-bond donors (Lipinski definition) is 1. The molecular weight excluding hydrogens is 242 g/mol. The number of aromatic nitrogens is 2. The fourth-order valence-electron chi connectivity index (χ4n) is 1.02. The summed E-state index contributed by atoms with van der Waals surface area (Å²) in [6.45, 7) is 8.89. The third-order valence-corrected chi connectivity index (χ3v) is 4.00. The van der Waals surface area contributed by atoms with E-state index in [0.717, 1.165) is 11.0 Å².